The fourth-order valence-corrected chi connectivity index (χ4v) is 11.7. The first-order chi connectivity index (χ1) is 29.1. The summed E-state index contributed by atoms with van der Waals surface area (Å²) in [4.78, 5) is 58.3. The average molecular weight is 891 g/mol. The van der Waals surface area contributed by atoms with Crippen LogP contribution in [0.3, 0.4) is 0 Å². The summed E-state index contributed by atoms with van der Waals surface area (Å²) in [6.45, 7) is 5.42. The number of nitrogens with zero attached hydrogens (tertiary/aromatic N) is 3. The molecule has 1 N–H and O–H groups in total. The molecular weight excluding hydrogens is 842 g/mol. The third-order valence-corrected chi connectivity index (χ3v) is 15.8. The minimum Gasteiger partial charge on any atom is -0.420 e. The standard InChI is InChI=1S/C45H49F2N4O7PS2/c1-44(2,3)43(55)60-23-22-57-59(56,58-34-15-8-5-9-16-34)45(46,47)32-18-21-38-30(24-32)25-39(61-38)40(52)49-36-17-11-10-14-33-19-20-37(51(33)41(36)53)42(54)50-27-31(26-48)35(28-50)29-12-6-4-7-13-29/h4-9,12-13,15-16,18,21,24-25,31,33,35-37H,10-11,14,17,19-20,22-23,27-28H2,1-3H3,(H,49,52)/t31-,33+,35+,36+,37+,59?/m1/s1. The third kappa shape index (κ3) is 9.58. The van der Waals surface area contributed by atoms with Gasteiger partial charge in [-0.25, -0.2) is 4.57 Å². The molecule has 1 unspecified atom stereocenters. The van der Waals surface area contributed by atoms with Crippen LogP contribution in [0, 0.1) is 22.7 Å². The van der Waals surface area contributed by atoms with Gasteiger partial charge in [0, 0.05) is 46.5 Å². The van der Waals surface area contributed by atoms with Crippen molar-refractivity contribution in [1.29, 1.82) is 5.26 Å². The molecule has 3 aliphatic heterocycles. The lowest BCUT2D eigenvalue weighted by Gasteiger charge is -2.36. The predicted molar refractivity (Wildman–Crippen MR) is 232 cm³/mol. The molecule has 322 valence electrons. The molecular formula is C45H49F2N4O7PS2. The van der Waals surface area contributed by atoms with Gasteiger partial charge in [-0.2, -0.15) is 14.0 Å². The van der Waals surface area contributed by atoms with Crippen LogP contribution < -0.4 is 9.84 Å². The second kappa shape index (κ2) is 18.4. The van der Waals surface area contributed by atoms with Crippen molar-refractivity contribution >= 4 is 63.6 Å². The van der Waals surface area contributed by atoms with Crippen LogP contribution >= 0.6 is 30.7 Å². The van der Waals surface area contributed by atoms with Crippen LogP contribution in [-0.4, -0.2) is 76.2 Å². The highest BCUT2D eigenvalue weighted by Crippen LogP contribution is 2.66. The fourth-order valence-electron chi connectivity index (χ4n) is 8.29. The Morgan fingerprint density at radius 2 is 1.66 bits per heavy atom. The molecule has 6 atom stereocenters. The van der Waals surface area contributed by atoms with Crippen molar-refractivity contribution < 1.29 is 41.6 Å². The highest BCUT2D eigenvalue weighted by atomic mass is 32.2. The summed E-state index contributed by atoms with van der Waals surface area (Å²) in [7, 11) is -5.26. The SMILES string of the molecule is CC(C)(C)C(=O)SCCOP(=O)(Oc1ccccc1)C(F)(F)c1ccc2sc(C(=O)N[C@H]3CCCC[C@H]4CC[C@@H](C(=O)N5C[C@@H](C#N)[C@H](c6ccccc6)C5)N4C3=O)cc2c1. The number of carbonyl (C=O) groups is 4. The van der Waals surface area contributed by atoms with E-state index >= 15 is 8.78 Å². The lowest BCUT2D eigenvalue weighted by atomic mass is 9.90. The van der Waals surface area contributed by atoms with Gasteiger partial charge in [-0.3, -0.25) is 23.7 Å². The Morgan fingerprint density at radius 1 is 0.951 bits per heavy atom. The molecule has 3 aromatic carbocycles. The van der Waals surface area contributed by atoms with Crippen molar-refractivity contribution in [3.63, 3.8) is 0 Å². The quantitative estimate of drug-likeness (QED) is 0.109. The number of rotatable bonds is 12. The van der Waals surface area contributed by atoms with Crippen LogP contribution in [0.15, 0.2) is 84.9 Å². The molecule has 0 saturated carbocycles. The van der Waals surface area contributed by atoms with Crippen molar-refractivity contribution in [1.82, 2.24) is 15.1 Å². The predicted octanol–water partition coefficient (Wildman–Crippen LogP) is 9.34. The van der Waals surface area contributed by atoms with Crippen molar-refractivity contribution in [2.45, 2.75) is 89.0 Å². The summed E-state index contributed by atoms with van der Waals surface area (Å²) in [6, 6.07) is 22.9. The molecule has 16 heteroatoms. The van der Waals surface area contributed by atoms with E-state index in [4.69, 9.17) is 9.05 Å². The Bertz CT molecular complexity index is 2350. The van der Waals surface area contributed by atoms with Crippen LogP contribution in [0.25, 0.3) is 10.1 Å². The van der Waals surface area contributed by atoms with E-state index in [2.05, 4.69) is 11.4 Å². The summed E-state index contributed by atoms with van der Waals surface area (Å²) in [5, 5.41) is 13.0. The van der Waals surface area contributed by atoms with Crippen LogP contribution in [-0.2, 0) is 29.1 Å². The van der Waals surface area contributed by atoms with Crippen LogP contribution in [0.5, 0.6) is 5.75 Å². The summed E-state index contributed by atoms with van der Waals surface area (Å²) >= 11 is 1.96. The maximum absolute atomic E-state index is 16.5. The second-order valence-corrected chi connectivity index (χ2v) is 21.0. The number of thioether (sulfide) groups is 1. The maximum Gasteiger partial charge on any atom is 0.453 e. The first-order valence-corrected chi connectivity index (χ1v) is 23.9. The van der Waals surface area contributed by atoms with Gasteiger partial charge in [-0.05, 0) is 67.0 Å². The molecule has 0 aliphatic carbocycles. The largest absolute Gasteiger partial charge is 0.453 e. The number of nitrogens with one attached hydrogen (secondary N) is 1. The average Bonchev–Trinajstić information content (AvgIpc) is 3.99. The van der Waals surface area contributed by atoms with Gasteiger partial charge in [0.2, 0.25) is 11.8 Å². The summed E-state index contributed by atoms with van der Waals surface area (Å²) in [5.74, 6) is -1.68. The van der Waals surface area contributed by atoms with Gasteiger partial charge < -0.3 is 19.6 Å². The van der Waals surface area contributed by atoms with Gasteiger partial charge in [-0.1, -0.05) is 100.0 Å². The number of alkyl halides is 2. The molecule has 61 heavy (non-hydrogen) atoms. The number of carbonyl (C=O) groups excluding carboxylic acids is 4. The van der Waals surface area contributed by atoms with Crippen molar-refractivity contribution in [3.05, 3.63) is 101 Å². The minimum atomic E-state index is -5.26. The highest BCUT2D eigenvalue weighted by Gasteiger charge is 2.57. The zero-order valence-electron chi connectivity index (χ0n) is 34.3. The van der Waals surface area contributed by atoms with Crippen LogP contribution in [0.4, 0.5) is 8.78 Å². The lowest BCUT2D eigenvalue weighted by molar-refractivity contribution is -0.146. The van der Waals surface area contributed by atoms with Crippen molar-refractivity contribution in [2.75, 3.05) is 25.4 Å². The molecule has 0 bridgehead atoms. The van der Waals surface area contributed by atoms with E-state index in [1.54, 1.807) is 48.8 Å². The summed E-state index contributed by atoms with van der Waals surface area (Å²) in [5.41, 5.74) is -4.46. The Morgan fingerprint density at radius 3 is 2.36 bits per heavy atom. The van der Waals surface area contributed by atoms with E-state index in [-0.39, 0.29) is 63.1 Å². The van der Waals surface area contributed by atoms with Crippen molar-refractivity contribution in [2.24, 2.45) is 11.3 Å². The number of amides is 3. The number of likely N-dealkylation sites (tertiary alicyclic amines) is 1. The molecule has 4 heterocycles. The Kier molecular flexibility index (Phi) is 13.4. The zero-order valence-corrected chi connectivity index (χ0v) is 36.8. The number of para-hydroxylation sites is 1. The molecule has 3 aliphatic rings. The molecule has 3 fully saturated rings. The maximum atomic E-state index is 16.5. The molecule has 1 aromatic heterocycles. The fraction of sp³-hybridized carbons (Fsp3) is 0.444. The Balaban J connectivity index is 1.06. The Labute approximate surface area is 362 Å². The van der Waals surface area contributed by atoms with E-state index in [0.717, 1.165) is 53.6 Å². The highest BCUT2D eigenvalue weighted by molar-refractivity contribution is 8.13. The van der Waals surface area contributed by atoms with E-state index in [0.29, 0.717) is 36.9 Å². The summed E-state index contributed by atoms with van der Waals surface area (Å²) in [6.07, 6.45) is 3.77. The van der Waals surface area contributed by atoms with E-state index in [9.17, 15) is 29.0 Å². The van der Waals surface area contributed by atoms with Gasteiger partial charge in [0.15, 0.2) is 5.12 Å². The molecule has 0 spiro atoms. The minimum absolute atomic E-state index is 0.0222. The first kappa shape index (κ1) is 44.4. The zero-order chi connectivity index (χ0) is 43.5. The molecule has 3 amide bonds. The van der Waals surface area contributed by atoms with Gasteiger partial charge in [0.05, 0.1) is 23.5 Å². The molecule has 0 radical (unpaired) electrons. The van der Waals surface area contributed by atoms with E-state index < -0.39 is 48.8 Å². The molecule has 11 nitrogen and oxygen atoms in total. The third-order valence-electron chi connectivity index (χ3n) is 11.5. The Hall–Kier alpha value is -4.61. The lowest BCUT2D eigenvalue weighted by Crippen LogP contribution is -2.56. The summed E-state index contributed by atoms with van der Waals surface area (Å²) < 4.78 is 58.3. The normalized spacial score (nSPS) is 23.1. The van der Waals surface area contributed by atoms with Crippen molar-refractivity contribution in [3.8, 4) is 11.8 Å². The number of fused-ring (bicyclic) bond motifs is 2. The van der Waals surface area contributed by atoms with Crippen LogP contribution in [0.2, 0.25) is 0 Å². The molecule has 4 aromatic rings. The van der Waals surface area contributed by atoms with Gasteiger partial charge >= 0.3 is 13.3 Å². The number of nitriles is 1. The number of thiophene rings is 1. The van der Waals surface area contributed by atoms with E-state index in [1.807, 2.05) is 30.3 Å². The van der Waals surface area contributed by atoms with Gasteiger partial charge in [-0.15, -0.1) is 11.3 Å². The van der Waals surface area contributed by atoms with Gasteiger partial charge in [0.25, 0.3) is 5.91 Å². The smallest absolute Gasteiger partial charge is 0.420 e. The molecule has 7 rings (SSSR count). The van der Waals surface area contributed by atoms with Crippen LogP contribution in [0.1, 0.15) is 86.0 Å². The monoisotopic (exact) mass is 890 g/mol. The first-order valence-electron chi connectivity index (χ1n) is 20.5. The van der Waals surface area contributed by atoms with Gasteiger partial charge in [0.1, 0.15) is 17.8 Å². The van der Waals surface area contributed by atoms with E-state index in [1.165, 1.54) is 24.3 Å². The number of benzene rings is 3. The number of halogens is 2. The topological polar surface area (TPSA) is 146 Å². The second-order valence-electron chi connectivity index (χ2n) is 16.8. The number of hydrogen-bond acceptors (Lipinski definition) is 10. The molecule has 3 saturated heterocycles. The number of hydrogen-bond donors (Lipinski definition) is 1.